The summed E-state index contributed by atoms with van der Waals surface area (Å²) in [5.41, 5.74) is 7.09. The first-order valence-electron chi connectivity index (χ1n) is 12.9. The van der Waals surface area contributed by atoms with E-state index in [0.29, 0.717) is 17.7 Å². The number of rotatable bonds is 11. The lowest BCUT2D eigenvalue weighted by Gasteiger charge is -2.36. The van der Waals surface area contributed by atoms with Crippen molar-refractivity contribution in [3.63, 3.8) is 0 Å². The summed E-state index contributed by atoms with van der Waals surface area (Å²) < 4.78 is 71.7. The molecule has 0 fully saturated rings. The molecule has 1 aromatic rings. The molecule has 7 nitrogen and oxygen atoms in total. The molecule has 1 heterocycles. The number of ether oxygens (including phenoxy) is 3. The maximum atomic E-state index is 14.5. The molecule has 0 saturated heterocycles. The minimum atomic E-state index is -4.34. The van der Waals surface area contributed by atoms with E-state index in [1.807, 2.05) is 26.8 Å². The Hall–Kier alpha value is -3.08. The number of phenolic OH excluding ortho intramolecular Hbond substituents is 1. The van der Waals surface area contributed by atoms with E-state index >= 15 is 0 Å². The second kappa shape index (κ2) is 12.0. The van der Waals surface area contributed by atoms with Crippen molar-refractivity contribution in [2.75, 3.05) is 6.54 Å². The summed E-state index contributed by atoms with van der Waals surface area (Å²) in [4.78, 5) is 24.1. The Bertz CT molecular complexity index is 1130. The highest BCUT2D eigenvalue weighted by Gasteiger charge is 2.46. The third kappa shape index (κ3) is 7.74. The first-order valence-corrected chi connectivity index (χ1v) is 12.9. The molecule has 216 valence electrons. The van der Waals surface area contributed by atoms with E-state index < -0.39 is 42.6 Å². The van der Waals surface area contributed by atoms with Gasteiger partial charge in [0.25, 0.3) is 0 Å². The monoisotopic (exact) mass is 557 g/mol. The molecule has 3 atom stereocenters. The number of carbonyl (C=O) groups is 2. The molecule has 3 N–H and O–H groups in total. The van der Waals surface area contributed by atoms with Crippen LogP contribution in [0.5, 0.6) is 17.2 Å². The van der Waals surface area contributed by atoms with Crippen LogP contribution in [-0.2, 0) is 14.3 Å². The lowest BCUT2D eigenvalue weighted by molar-refractivity contribution is -0.241. The number of carbonyl (C=O) groups excluding carboxylic acids is 2. The van der Waals surface area contributed by atoms with E-state index in [1.165, 1.54) is 6.07 Å². The van der Waals surface area contributed by atoms with Crippen LogP contribution >= 0.6 is 0 Å². The van der Waals surface area contributed by atoms with Crippen LogP contribution in [0.4, 0.5) is 17.6 Å². The second-order valence-corrected chi connectivity index (χ2v) is 10.7. The van der Waals surface area contributed by atoms with Gasteiger partial charge in [-0.3, -0.25) is 4.79 Å². The SMILES string of the molecule is C=C1Oc2cc(OC(=O)C(F)(F)CCC(F)(F)OC(=O)C[C@@H](CN)CC(C)C)cc(O)c2[C@@H]2C=C(C)CC[C@@H]12. The minimum Gasteiger partial charge on any atom is -0.507 e. The van der Waals surface area contributed by atoms with Gasteiger partial charge < -0.3 is 25.1 Å². The standard InChI is InChI=1S/C28H35F4NO6/c1-15(2)9-18(14-33)11-24(35)39-28(31,32)8-7-27(29,30)26(36)38-19-12-22(34)25-21-10-16(3)5-6-20(21)17(4)37-23(25)13-19/h10,12-13,15,18,20-21,34H,4-9,11,14,33H2,1-3H3/t18-,20-,21+/m0/s1. The van der Waals surface area contributed by atoms with Crippen LogP contribution in [0.15, 0.2) is 36.1 Å². The number of esters is 2. The first-order chi connectivity index (χ1) is 18.1. The van der Waals surface area contributed by atoms with Gasteiger partial charge in [0.15, 0.2) is 0 Å². The van der Waals surface area contributed by atoms with Crippen molar-refractivity contribution in [2.45, 2.75) is 77.2 Å². The average molecular weight is 558 g/mol. The fourth-order valence-electron chi connectivity index (χ4n) is 5.01. The summed E-state index contributed by atoms with van der Waals surface area (Å²) in [5.74, 6) is -8.47. The summed E-state index contributed by atoms with van der Waals surface area (Å²) >= 11 is 0. The number of benzene rings is 1. The smallest absolute Gasteiger partial charge is 0.400 e. The third-order valence-corrected chi connectivity index (χ3v) is 6.92. The predicted octanol–water partition coefficient (Wildman–Crippen LogP) is 6.21. The first kappa shape index (κ1) is 30.5. The Morgan fingerprint density at radius 2 is 1.92 bits per heavy atom. The van der Waals surface area contributed by atoms with Crippen molar-refractivity contribution in [3.05, 3.63) is 41.7 Å². The minimum absolute atomic E-state index is 0.0722. The fraction of sp³-hybridized carbons (Fsp3) is 0.571. The van der Waals surface area contributed by atoms with Crippen molar-refractivity contribution in [1.29, 1.82) is 0 Å². The van der Waals surface area contributed by atoms with Crippen LogP contribution in [0.2, 0.25) is 0 Å². The molecule has 0 saturated carbocycles. The maximum absolute atomic E-state index is 14.5. The molecular weight excluding hydrogens is 522 g/mol. The number of hydrogen-bond donors (Lipinski definition) is 2. The van der Waals surface area contributed by atoms with Crippen molar-refractivity contribution in [1.82, 2.24) is 0 Å². The number of allylic oxidation sites excluding steroid dienone is 3. The lowest BCUT2D eigenvalue weighted by atomic mass is 9.74. The van der Waals surface area contributed by atoms with Crippen molar-refractivity contribution in [2.24, 2.45) is 23.5 Å². The fourth-order valence-corrected chi connectivity index (χ4v) is 5.01. The molecular formula is C28H35F4NO6. The summed E-state index contributed by atoms with van der Waals surface area (Å²) in [6, 6.07) is 2.17. The van der Waals surface area contributed by atoms with Gasteiger partial charge >= 0.3 is 24.0 Å². The molecule has 0 aromatic heterocycles. The molecule has 0 bridgehead atoms. The highest BCUT2D eigenvalue weighted by Crippen LogP contribution is 2.52. The highest BCUT2D eigenvalue weighted by molar-refractivity contribution is 5.80. The average Bonchev–Trinajstić information content (AvgIpc) is 2.81. The quantitative estimate of drug-likeness (QED) is 0.144. The topological polar surface area (TPSA) is 108 Å². The van der Waals surface area contributed by atoms with Gasteiger partial charge in [0.2, 0.25) is 0 Å². The number of alkyl halides is 4. The number of phenols is 1. The van der Waals surface area contributed by atoms with Gasteiger partial charge in [-0.1, -0.05) is 32.1 Å². The number of hydrogen-bond acceptors (Lipinski definition) is 7. The van der Waals surface area contributed by atoms with E-state index in [-0.39, 0.29) is 48.1 Å². The zero-order valence-electron chi connectivity index (χ0n) is 22.3. The largest absolute Gasteiger partial charge is 0.507 e. The van der Waals surface area contributed by atoms with E-state index in [0.717, 1.165) is 24.5 Å². The van der Waals surface area contributed by atoms with Crippen LogP contribution in [0.3, 0.4) is 0 Å². The summed E-state index contributed by atoms with van der Waals surface area (Å²) in [6.45, 7) is 9.70. The Balaban J connectivity index is 1.63. The number of aromatic hydroxyl groups is 1. The van der Waals surface area contributed by atoms with Gasteiger partial charge in [-0.05, 0) is 44.6 Å². The van der Waals surface area contributed by atoms with Crippen LogP contribution in [0, 0.1) is 17.8 Å². The Morgan fingerprint density at radius 1 is 1.23 bits per heavy atom. The Morgan fingerprint density at radius 3 is 2.56 bits per heavy atom. The summed E-state index contributed by atoms with van der Waals surface area (Å²) in [7, 11) is 0. The number of halogens is 4. The van der Waals surface area contributed by atoms with Gasteiger partial charge in [-0.2, -0.15) is 17.6 Å². The van der Waals surface area contributed by atoms with E-state index in [1.54, 1.807) is 0 Å². The molecule has 1 aliphatic heterocycles. The van der Waals surface area contributed by atoms with E-state index in [9.17, 15) is 32.3 Å². The van der Waals surface area contributed by atoms with Gasteiger partial charge in [0.05, 0.1) is 6.42 Å². The lowest BCUT2D eigenvalue weighted by Crippen LogP contribution is -2.36. The molecule has 0 amide bonds. The highest BCUT2D eigenvalue weighted by atomic mass is 19.3. The van der Waals surface area contributed by atoms with Crippen LogP contribution in [0.25, 0.3) is 0 Å². The Labute approximate surface area is 225 Å². The maximum Gasteiger partial charge on any atom is 0.400 e. The zero-order valence-corrected chi connectivity index (χ0v) is 22.3. The number of nitrogens with two attached hydrogens (primary N) is 1. The van der Waals surface area contributed by atoms with Crippen molar-refractivity contribution < 1.29 is 46.5 Å². The molecule has 0 spiro atoms. The molecule has 0 radical (unpaired) electrons. The number of fused-ring (bicyclic) bond motifs is 3. The van der Waals surface area contributed by atoms with Crippen LogP contribution in [-0.4, -0.2) is 35.6 Å². The van der Waals surface area contributed by atoms with Gasteiger partial charge in [-0.25, -0.2) is 4.79 Å². The Kier molecular flexibility index (Phi) is 9.35. The molecule has 2 aliphatic rings. The molecule has 0 unspecified atom stereocenters. The predicted molar refractivity (Wildman–Crippen MR) is 135 cm³/mol. The van der Waals surface area contributed by atoms with Crippen molar-refractivity contribution >= 4 is 11.9 Å². The summed E-state index contributed by atoms with van der Waals surface area (Å²) in [6.07, 6.45) is -3.76. The van der Waals surface area contributed by atoms with Gasteiger partial charge in [0, 0.05) is 42.4 Å². The normalized spacial score (nSPS) is 19.9. The molecule has 3 rings (SSSR count). The zero-order chi connectivity index (χ0) is 29.1. The molecule has 1 aliphatic carbocycles. The van der Waals surface area contributed by atoms with E-state index in [4.69, 9.17) is 15.2 Å². The van der Waals surface area contributed by atoms with Gasteiger partial charge in [0.1, 0.15) is 23.0 Å². The molecule has 1 aromatic carbocycles. The second-order valence-electron chi connectivity index (χ2n) is 10.7. The van der Waals surface area contributed by atoms with Crippen LogP contribution in [0.1, 0.15) is 70.8 Å². The third-order valence-electron chi connectivity index (χ3n) is 6.92. The van der Waals surface area contributed by atoms with Gasteiger partial charge in [-0.15, -0.1) is 0 Å². The van der Waals surface area contributed by atoms with Crippen LogP contribution < -0.4 is 15.2 Å². The molecule has 39 heavy (non-hydrogen) atoms. The summed E-state index contributed by atoms with van der Waals surface area (Å²) in [5, 5.41) is 10.6. The van der Waals surface area contributed by atoms with E-state index in [2.05, 4.69) is 11.3 Å². The molecule has 11 heteroatoms. The van der Waals surface area contributed by atoms with Crippen molar-refractivity contribution in [3.8, 4) is 17.2 Å².